The van der Waals surface area contributed by atoms with Gasteiger partial charge in [0.05, 0.1) is 0 Å². The normalized spacial score (nSPS) is 14.9. The summed E-state index contributed by atoms with van der Waals surface area (Å²) < 4.78 is 0.906. The molecule has 4 nitrogen and oxygen atoms in total. The van der Waals surface area contributed by atoms with E-state index in [-0.39, 0.29) is 0 Å². The van der Waals surface area contributed by atoms with Crippen molar-refractivity contribution in [3.05, 3.63) is 10.8 Å². The highest BCUT2D eigenvalue weighted by atomic mass is 79.9. The van der Waals surface area contributed by atoms with Crippen LogP contribution in [0.2, 0.25) is 0 Å². The van der Waals surface area contributed by atoms with Crippen LogP contribution in [0.3, 0.4) is 0 Å². The molecule has 0 saturated heterocycles. The van der Waals surface area contributed by atoms with Crippen molar-refractivity contribution in [3.63, 3.8) is 0 Å². The Bertz CT molecular complexity index is 352. The van der Waals surface area contributed by atoms with Crippen molar-refractivity contribution >= 4 is 27.6 Å². The number of aromatic nitrogens is 2. The number of hydrogen-bond donors (Lipinski definition) is 2. The first-order chi connectivity index (χ1) is 7.81. The molecule has 1 aromatic rings. The molecule has 1 aromatic heterocycles. The Labute approximate surface area is 104 Å². The summed E-state index contributed by atoms with van der Waals surface area (Å²) in [6.07, 6.45) is 6.99. The number of nitrogens with zero attached hydrogens (tertiary/aromatic N) is 2. The SMILES string of the molecule is CNc1ncnc(NCCCC2CC2)c1Br. The molecule has 0 aliphatic heterocycles. The van der Waals surface area contributed by atoms with Crippen LogP contribution in [0.25, 0.3) is 0 Å². The van der Waals surface area contributed by atoms with Gasteiger partial charge in [-0.2, -0.15) is 0 Å². The Morgan fingerprint density at radius 3 is 2.81 bits per heavy atom. The Morgan fingerprint density at radius 2 is 2.12 bits per heavy atom. The maximum atomic E-state index is 4.21. The summed E-state index contributed by atoms with van der Waals surface area (Å²) >= 11 is 3.48. The fourth-order valence-electron chi connectivity index (χ4n) is 1.67. The van der Waals surface area contributed by atoms with Gasteiger partial charge in [0.2, 0.25) is 0 Å². The average Bonchev–Trinajstić information content (AvgIpc) is 3.10. The monoisotopic (exact) mass is 284 g/mol. The van der Waals surface area contributed by atoms with Gasteiger partial charge in [0.25, 0.3) is 0 Å². The third kappa shape index (κ3) is 3.07. The third-order valence-corrected chi connectivity index (χ3v) is 3.56. The van der Waals surface area contributed by atoms with E-state index >= 15 is 0 Å². The standard InChI is InChI=1S/C11H17BrN4/c1-13-10-9(12)11(16-7-15-10)14-6-2-3-8-4-5-8/h7-8H,2-6H2,1H3,(H2,13,14,15,16). The van der Waals surface area contributed by atoms with Gasteiger partial charge in [-0.05, 0) is 34.7 Å². The van der Waals surface area contributed by atoms with Gasteiger partial charge in [-0.3, -0.25) is 0 Å². The lowest BCUT2D eigenvalue weighted by atomic mass is 10.2. The number of nitrogens with one attached hydrogen (secondary N) is 2. The van der Waals surface area contributed by atoms with E-state index in [4.69, 9.17) is 0 Å². The number of halogens is 1. The molecule has 0 aromatic carbocycles. The predicted molar refractivity (Wildman–Crippen MR) is 69.7 cm³/mol. The largest absolute Gasteiger partial charge is 0.372 e. The van der Waals surface area contributed by atoms with Crippen LogP contribution in [0.4, 0.5) is 11.6 Å². The van der Waals surface area contributed by atoms with Crippen LogP contribution in [0.15, 0.2) is 10.8 Å². The molecule has 2 rings (SSSR count). The Morgan fingerprint density at radius 1 is 1.38 bits per heavy atom. The lowest BCUT2D eigenvalue weighted by Crippen LogP contribution is -2.06. The smallest absolute Gasteiger partial charge is 0.145 e. The molecule has 5 heteroatoms. The molecule has 1 fully saturated rings. The zero-order valence-electron chi connectivity index (χ0n) is 9.46. The Kier molecular flexibility index (Phi) is 3.98. The minimum atomic E-state index is 0.819. The molecule has 0 spiro atoms. The summed E-state index contributed by atoms with van der Waals surface area (Å²) in [6, 6.07) is 0. The van der Waals surface area contributed by atoms with Crippen LogP contribution >= 0.6 is 15.9 Å². The van der Waals surface area contributed by atoms with E-state index in [1.165, 1.54) is 25.7 Å². The Balaban J connectivity index is 1.82. The van der Waals surface area contributed by atoms with E-state index < -0.39 is 0 Å². The van der Waals surface area contributed by atoms with E-state index in [0.717, 1.165) is 28.6 Å². The van der Waals surface area contributed by atoms with Gasteiger partial charge in [-0.15, -0.1) is 0 Å². The highest BCUT2D eigenvalue weighted by molar-refractivity contribution is 9.10. The highest BCUT2D eigenvalue weighted by Crippen LogP contribution is 2.33. The molecule has 1 heterocycles. The highest BCUT2D eigenvalue weighted by Gasteiger charge is 2.20. The summed E-state index contributed by atoms with van der Waals surface area (Å²) in [7, 11) is 1.85. The van der Waals surface area contributed by atoms with Crippen molar-refractivity contribution in [2.24, 2.45) is 5.92 Å². The fraction of sp³-hybridized carbons (Fsp3) is 0.636. The van der Waals surface area contributed by atoms with E-state index in [1.807, 2.05) is 7.05 Å². The van der Waals surface area contributed by atoms with Crippen molar-refractivity contribution in [2.45, 2.75) is 25.7 Å². The first-order valence-corrected chi connectivity index (χ1v) is 6.52. The van der Waals surface area contributed by atoms with Gasteiger partial charge in [-0.25, -0.2) is 9.97 Å². The van der Waals surface area contributed by atoms with E-state index in [0.29, 0.717) is 0 Å². The van der Waals surface area contributed by atoms with E-state index in [2.05, 4.69) is 36.5 Å². The van der Waals surface area contributed by atoms with Crippen LogP contribution in [-0.2, 0) is 0 Å². The molecule has 2 N–H and O–H groups in total. The maximum Gasteiger partial charge on any atom is 0.145 e. The molecule has 1 saturated carbocycles. The lowest BCUT2D eigenvalue weighted by Gasteiger charge is -2.09. The summed E-state index contributed by atoms with van der Waals surface area (Å²) in [5, 5.41) is 6.35. The quantitative estimate of drug-likeness (QED) is 0.789. The van der Waals surface area contributed by atoms with Crippen LogP contribution < -0.4 is 10.6 Å². The van der Waals surface area contributed by atoms with Gasteiger partial charge in [0, 0.05) is 13.6 Å². The van der Waals surface area contributed by atoms with Crippen molar-refractivity contribution in [3.8, 4) is 0 Å². The molecular weight excluding hydrogens is 268 g/mol. The van der Waals surface area contributed by atoms with Crippen LogP contribution in [0.5, 0.6) is 0 Å². The van der Waals surface area contributed by atoms with Gasteiger partial charge in [0.15, 0.2) is 0 Å². The zero-order valence-corrected chi connectivity index (χ0v) is 11.0. The predicted octanol–water partition coefficient (Wildman–Crippen LogP) is 2.88. The van der Waals surface area contributed by atoms with Gasteiger partial charge in [0.1, 0.15) is 22.4 Å². The number of hydrogen-bond acceptors (Lipinski definition) is 4. The second-order valence-corrected chi connectivity index (χ2v) is 4.94. The molecule has 0 amide bonds. The van der Waals surface area contributed by atoms with E-state index in [1.54, 1.807) is 6.33 Å². The topological polar surface area (TPSA) is 49.8 Å². The van der Waals surface area contributed by atoms with Crippen molar-refractivity contribution < 1.29 is 0 Å². The maximum absolute atomic E-state index is 4.21. The first kappa shape index (κ1) is 11.6. The molecule has 88 valence electrons. The molecule has 0 radical (unpaired) electrons. The molecule has 1 aliphatic carbocycles. The van der Waals surface area contributed by atoms with Gasteiger partial charge >= 0.3 is 0 Å². The first-order valence-electron chi connectivity index (χ1n) is 5.73. The van der Waals surface area contributed by atoms with Gasteiger partial charge in [-0.1, -0.05) is 12.8 Å². The van der Waals surface area contributed by atoms with E-state index in [9.17, 15) is 0 Å². The summed E-state index contributed by atoms with van der Waals surface area (Å²) in [5.41, 5.74) is 0. The third-order valence-electron chi connectivity index (χ3n) is 2.80. The average molecular weight is 285 g/mol. The molecule has 0 atom stereocenters. The van der Waals surface area contributed by atoms with Gasteiger partial charge < -0.3 is 10.6 Å². The second kappa shape index (κ2) is 5.48. The molecule has 0 unspecified atom stereocenters. The summed E-state index contributed by atoms with van der Waals surface area (Å²) in [4.78, 5) is 8.32. The van der Waals surface area contributed by atoms with Crippen LogP contribution in [0.1, 0.15) is 25.7 Å². The summed E-state index contributed by atoms with van der Waals surface area (Å²) in [5.74, 6) is 2.69. The molecular formula is C11H17BrN4. The minimum absolute atomic E-state index is 0.819. The van der Waals surface area contributed by atoms with Crippen molar-refractivity contribution in [1.29, 1.82) is 0 Å². The molecule has 1 aliphatic rings. The number of rotatable bonds is 6. The van der Waals surface area contributed by atoms with Crippen LogP contribution in [0, 0.1) is 5.92 Å². The van der Waals surface area contributed by atoms with Crippen LogP contribution in [-0.4, -0.2) is 23.6 Å². The molecule has 16 heavy (non-hydrogen) atoms. The molecule has 0 bridgehead atoms. The second-order valence-electron chi connectivity index (χ2n) is 4.15. The zero-order chi connectivity index (χ0) is 11.4. The minimum Gasteiger partial charge on any atom is -0.372 e. The Hall–Kier alpha value is -0.840. The summed E-state index contributed by atoms with van der Waals surface area (Å²) in [6.45, 7) is 0.981. The number of anilines is 2. The lowest BCUT2D eigenvalue weighted by molar-refractivity contribution is 0.686. The fourth-order valence-corrected chi connectivity index (χ4v) is 2.21. The van der Waals surface area contributed by atoms with Crippen molar-refractivity contribution in [1.82, 2.24) is 9.97 Å². The van der Waals surface area contributed by atoms with Crippen molar-refractivity contribution in [2.75, 3.05) is 24.2 Å².